The van der Waals surface area contributed by atoms with Gasteiger partial charge in [-0.2, -0.15) is 11.3 Å². The summed E-state index contributed by atoms with van der Waals surface area (Å²) in [6.45, 7) is 6.93. The molecule has 2 rings (SSSR count). The summed E-state index contributed by atoms with van der Waals surface area (Å²) in [4.78, 5) is 27.9. The smallest absolute Gasteiger partial charge is 0.410 e. The van der Waals surface area contributed by atoms with Gasteiger partial charge in [0.25, 0.3) is 5.91 Å². The molecule has 1 aromatic rings. The van der Waals surface area contributed by atoms with Crippen LogP contribution in [0.3, 0.4) is 0 Å². The van der Waals surface area contributed by atoms with Gasteiger partial charge in [-0.25, -0.2) is 4.79 Å². The predicted molar refractivity (Wildman–Crippen MR) is 87.2 cm³/mol. The van der Waals surface area contributed by atoms with E-state index in [1.54, 1.807) is 11.9 Å². The SMILES string of the molecule is CN(C(=O)OC(C)(C)C)C1CCN(C(=O)c2ccsc2)CC1. The van der Waals surface area contributed by atoms with Crippen LogP contribution in [0.5, 0.6) is 0 Å². The van der Waals surface area contributed by atoms with Crippen LogP contribution in [0.1, 0.15) is 44.0 Å². The quantitative estimate of drug-likeness (QED) is 0.839. The van der Waals surface area contributed by atoms with Gasteiger partial charge in [-0.1, -0.05) is 0 Å². The van der Waals surface area contributed by atoms with Gasteiger partial charge in [0.2, 0.25) is 0 Å². The molecule has 0 radical (unpaired) electrons. The van der Waals surface area contributed by atoms with E-state index in [1.807, 2.05) is 42.5 Å². The van der Waals surface area contributed by atoms with Crippen molar-refractivity contribution in [2.45, 2.75) is 45.3 Å². The molecular formula is C16H24N2O3S. The first-order valence-electron chi connectivity index (χ1n) is 7.55. The van der Waals surface area contributed by atoms with E-state index >= 15 is 0 Å². The zero-order chi connectivity index (χ0) is 16.3. The number of nitrogens with zero attached hydrogens (tertiary/aromatic N) is 2. The predicted octanol–water partition coefficient (Wildman–Crippen LogP) is 3.22. The lowest BCUT2D eigenvalue weighted by atomic mass is 10.0. The van der Waals surface area contributed by atoms with Gasteiger partial charge in [0, 0.05) is 31.6 Å². The molecule has 1 aliphatic heterocycles. The molecule has 6 heteroatoms. The molecule has 0 saturated carbocycles. The monoisotopic (exact) mass is 324 g/mol. The van der Waals surface area contributed by atoms with Gasteiger partial charge in [0.15, 0.2) is 0 Å². The number of amides is 2. The molecule has 0 bridgehead atoms. The largest absolute Gasteiger partial charge is 0.444 e. The first kappa shape index (κ1) is 16.8. The van der Waals surface area contributed by atoms with E-state index in [4.69, 9.17) is 4.74 Å². The normalized spacial score (nSPS) is 16.5. The lowest BCUT2D eigenvalue weighted by Gasteiger charge is -2.37. The van der Waals surface area contributed by atoms with Gasteiger partial charge in [0.05, 0.1) is 5.56 Å². The molecule has 0 spiro atoms. The van der Waals surface area contributed by atoms with E-state index in [0.29, 0.717) is 13.1 Å². The second-order valence-electron chi connectivity index (χ2n) is 6.63. The zero-order valence-electron chi connectivity index (χ0n) is 13.7. The molecule has 0 aliphatic carbocycles. The maximum absolute atomic E-state index is 12.3. The van der Waals surface area contributed by atoms with Gasteiger partial charge < -0.3 is 14.5 Å². The van der Waals surface area contributed by atoms with Crippen molar-refractivity contribution >= 4 is 23.3 Å². The second kappa shape index (κ2) is 6.69. The Morgan fingerprint density at radius 1 is 1.32 bits per heavy atom. The highest BCUT2D eigenvalue weighted by molar-refractivity contribution is 7.08. The Labute approximate surface area is 135 Å². The summed E-state index contributed by atoms with van der Waals surface area (Å²) in [5.41, 5.74) is 0.268. The van der Waals surface area contributed by atoms with Crippen molar-refractivity contribution in [3.8, 4) is 0 Å². The molecule has 1 aliphatic rings. The number of carbonyl (C=O) groups is 2. The van der Waals surface area contributed by atoms with E-state index in [1.165, 1.54) is 11.3 Å². The maximum Gasteiger partial charge on any atom is 0.410 e. The van der Waals surface area contributed by atoms with Crippen LogP contribution in [-0.2, 0) is 4.74 Å². The third-order valence-electron chi connectivity index (χ3n) is 3.75. The molecule has 0 atom stereocenters. The average molecular weight is 324 g/mol. The van der Waals surface area contributed by atoms with Crippen molar-refractivity contribution in [2.24, 2.45) is 0 Å². The summed E-state index contributed by atoms with van der Waals surface area (Å²) in [5.74, 6) is 0.0830. The number of rotatable bonds is 2. The van der Waals surface area contributed by atoms with Gasteiger partial charge in [-0.15, -0.1) is 0 Å². The fourth-order valence-corrected chi connectivity index (χ4v) is 3.14. The van der Waals surface area contributed by atoms with Crippen LogP contribution >= 0.6 is 11.3 Å². The molecular weight excluding hydrogens is 300 g/mol. The van der Waals surface area contributed by atoms with Gasteiger partial charge in [-0.3, -0.25) is 4.79 Å². The topological polar surface area (TPSA) is 49.9 Å². The van der Waals surface area contributed by atoms with Crippen LogP contribution in [0.25, 0.3) is 0 Å². The van der Waals surface area contributed by atoms with Crippen LogP contribution in [0.4, 0.5) is 4.79 Å². The molecule has 0 N–H and O–H groups in total. The minimum Gasteiger partial charge on any atom is -0.444 e. The molecule has 1 aromatic heterocycles. The minimum absolute atomic E-state index is 0.0830. The third kappa shape index (κ3) is 4.22. The second-order valence-corrected chi connectivity index (χ2v) is 7.41. The van der Waals surface area contributed by atoms with Crippen molar-refractivity contribution in [2.75, 3.05) is 20.1 Å². The highest BCUT2D eigenvalue weighted by Crippen LogP contribution is 2.20. The first-order valence-corrected chi connectivity index (χ1v) is 8.49. The average Bonchev–Trinajstić information content (AvgIpc) is 2.98. The van der Waals surface area contributed by atoms with Crippen LogP contribution in [-0.4, -0.2) is 53.6 Å². The summed E-state index contributed by atoms with van der Waals surface area (Å²) in [7, 11) is 1.77. The number of likely N-dealkylation sites (tertiary alicyclic amines) is 1. The summed E-state index contributed by atoms with van der Waals surface area (Å²) in [6, 6.07) is 1.98. The molecule has 2 heterocycles. The molecule has 122 valence electrons. The van der Waals surface area contributed by atoms with E-state index < -0.39 is 5.60 Å². The number of hydrogen-bond donors (Lipinski definition) is 0. The van der Waals surface area contributed by atoms with Gasteiger partial charge >= 0.3 is 6.09 Å². The van der Waals surface area contributed by atoms with Crippen LogP contribution < -0.4 is 0 Å². The minimum atomic E-state index is -0.485. The Kier molecular flexibility index (Phi) is 5.11. The Bertz CT molecular complexity index is 514. The molecule has 1 fully saturated rings. The standard InChI is InChI=1S/C16H24N2O3S/c1-16(2,3)21-15(20)17(4)13-5-8-18(9-6-13)14(19)12-7-10-22-11-12/h7,10-11,13H,5-6,8-9H2,1-4H3. The Hall–Kier alpha value is -1.56. The third-order valence-corrected chi connectivity index (χ3v) is 4.43. The lowest BCUT2D eigenvalue weighted by Crippen LogP contribution is -2.48. The number of thiophene rings is 1. The summed E-state index contributed by atoms with van der Waals surface area (Å²) in [6.07, 6.45) is 1.27. The maximum atomic E-state index is 12.3. The highest BCUT2D eigenvalue weighted by atomic mass is 32.1. The molecule has 2 amide bonds. The number of hydrogen-bond acceptors (Lipinski definition) is 4. The lowest BCUT2D eigenvalue weighted by molar-refractivity contribution is 0.0156. The van der Waals surface area contributed by atoms with Crippen LogP contribution in [0.15, 0.2) is 16.8 Å². The molecule has 22 heavy (non-hydrogen) atoms. The highest BCUT2D eigenvalue weighted by Gasteiger charge is 2.30. The Morgan fingerprint density at radius 3 is 2.45 bits per heavy atom. The summed E-state index contributed by atoms with van der Waals surface area (Å²) >= 11 is 1.53. The molecule has 1 saturated heterocycles. The van der Waals surface area contributed by atoms with E-state index in [2.05, 4.69) is 0 Å². The van der Waals surface area contributed by atoms with Crippen molar-refractivity contribution in [3.05, 3.63) is 22.4 Å². The van der Waals surface area contributed by atoms with E-state index in [-0.39, 0.29) is 18.0 Å². The fraction of sp³-hybridized carbons (Fsp3) is 0.625. The van der Waals surface area contributed by atoms with Crippen molar-refractivity contribution in [1.82, 2.24) is 9.80 Å². The van der Waals surface area contributed by atoms with Crippen LogP contribution in [0.2, 0.25) is 0 Å². The summed E-state index contributed by atoms with van der Waals surface area (Å²) in [5, 5.41) is 3.79. The Balaban J connectivity index is 1.86. The number of carbonyl (C=O) groups excluding carboxylic acids is 2. The molecule has 0 aromatic carbocycles. The Morgan fingerprint density at radius 2 is 1.95 bits per heavy atom. The molecule has 5 nitrogen and oxygen atoms in total. The van der Waals surface area contributed by atoms with Gasteiger partial charge in [0.1, 0.15) is 5.60 Å². The molecule has 0 unspecified atom stereocenters. The van der Waals surface area contributed by atoms with Gasteiger partial charge in [-0.05, 0) is 45.1 Å². The van der Waals surface area contributed by atoms with E-state index in [9.17, 15) is 9.59 Å². The number of ether oxygens (including phenoxy) is 1. The number of piperidine rings is 1. The fourth-order valence-electron chi connectivity index (χ4n) is 2.51. The van der Waals surface area contributed by atoms with Crippen molar-refractivity contribution in [1.29, 1.82) is 0 Å². The van der Waals surface area contributed by atoms with Crippen molar-refractivity contribution < 1.29 is 14.3 Å². The van der Waals surface area contributed by atoms with Crippen molar-refractivity contribution in [3.63, 3.8) is 0 Å². The van der Waals surface area contributed by atoms with Crippen LogP contribution in [0, 0.1) is 0 Å². The zero-order valence-corrected chi connectivity index (χ0v) is 14.5. The first-order chi connectivity index (χ1) is 10.3. The van der Waals surface area contributed by atoms with E-state index in [0.717, 1.165) is 18.4 Å². The summed E-state index contributed by atoms with van der Waals surface area (Å²) < 4.78 is 5.39.